The third-order valence-corrected chi connectivity index (χ3v) is 17.1. The molecule has 0 aromatic carbocycles. The van der Waals surface area contributed by atoms with Crippen molar-refractivity contribution in [3.8, 4) is 0 Å². The summed E-state index contributed by atoms with van der Waals surface area (Å²) in [7, 11) is 0. The van der Waals surface area contributed by atoms with Crippen molar-refractivity contribution in [2.24, 2.45) is 0 Å². The third-order valence-electron chi connectivity index (χ3n) is 17.1. The number of carbonyl (C=O) groups is 2. The van der Waals surface area contributed by atoms with Gasteiger partial charge in [0.1, 0.15) is 92.6 Å². The third kappa shape index (κ3) is 18.4. The molecular weight excluding hydrogens is 1110 g/mol. The van der Waals surface area contributed by atoms with Gasteiger partial charge in [-0.3, -0.25) is 9.53 Å². The number of aliphatic hydroxyl groups excluding tert-OH is 16. The summed E-state index contributed by atoms with van der Waals surface area (Å²) in [6.45, 7) is -3.46. The molecule has 4 aliphatic heterocycles. The molecule has 3 unspecified atom stereocenters. The van der Waals surface area contributed by atoms with E-state index in [0.717, 1.165) is 83.5 Å². The molecule has 4 fully saturated rings. The van der Waals surface area contributed by atoms with Crippen LogP contribution in [0.5, 0.6) is 0 Å². The van der Waals surface area contributed by atoms with Crippen molar-refractivity contribution in [3.63, 3.8) is 0 Å². The van der Waals surface area contributed by atoms with E-state index in [9.17, 15) is 86.5 Å². The molecule has 494 valence electrons. The number of hydrogen-bond donors (Lipinski definition) is 16. The van der Waals surface area contributed by atoms with Crippen LogP contribution in [-0.4, -0.2) is 248 Å². The Labute approximate surface area is 493 Å². The number of carbonyl (C=O) groups excluding carboxylic acids is 2. The molecule has 0 spiro atoms. The van der Waals surface area contributed by atoms with Crippen LogP contribution in [0.1, 0.15) is 200 Å². The Balaban J connectivity index is 1.88. The van der Waals surface area contributed by atoms with Crippen LogP contribution in [0, 0.1) is 0 Å². The zero-order valence-corrected chi connectivity index (χ0v) is 49.6. The van der Waals surface area contributed by atoms with E-state index >= 15 is 4.79 Å². The normalized spacial score (nSPS) is 36.0. The van der Waals surface area contributed by atoms with Gasteiger partial charge in [0, 0.05) is 12.8 Å². The fourth-order valence-corrected chi connectivity index (χ4v) is 11.8. The molecule has 0 saturated carbocycles. The van der Waals surface area contributed by atoms with Gasteiger partial charge in [-0.2, -0.15) is 0 Å². The summed E-state index contributed by atoms with van der Waals surface area (Å²) in [6.07, 6.45) is -10.4. The van der Waals surface area contributed by atoms with Crippen LogP contribution < -0.4 is 0 Å². The van der Waals surface area contributed by atoms with E-state index in [1.807, 2.05) is 0 Å². The zero-order chi connectivity index (χ0) is 62.1. The lowest BCUT2D eigenvalue weighted by Crippen LogP contribution is -2.80. The van der Waals surface area contributed by atoms with Crippen LogP contribution >= 0.6 is 0 Å². The molecular formula is C58H106O26. The lowest BCUT2D eigenvalue weighted by atomic mass is 9.77. The highest BCUT2D eigenvalue weighted by Crippen LogP contribution is 2.52. The van der Waals surface area contributed by atoms with Gasteiger partial charge >= 0.3 is 17.9 Å². The van der Waals surface area contributed by atoms with Gasteiger partial charge in [-0.05, 0) is 12.8 Å². The Hall–Kier alpha value is -1.94. The van der Waals surface area contributed by atoms with E-state index < -0.39 is 179 Å². The van der Waals surface area contributed by atoms with Crippen LogP contribution in [0.3, 0.4) is 0 Å². The first-order chi connectivity index (χ1) is 40.2. The smallest absolute Gasteiger partial charge is 0.362 e. The van der Waals surface area contributed by atoms with E-state index in [1.165, 1.54) is 44.9 Å². The molecule has 0 aromatic heterocycles. The van der Waals surface area contributed by atoms with Crippen LogP contribution in [0.4, 0.5) is 0 Å². The highest BCUT2D eigenvalue weighted by molar-refractivity contribution is 5.85. The topological polar surface area (TPSA) is 432 Å². The molecule has 0 aromatic rings. The molecule has 4 heterocycles. The summed E-state index contributed by atoms with van der Waals surface area (Å²) in [5, 5.41) is 179. The van der Waals surface area contributed by atoms with Gasteiger partial charge in [0.15, 0.2) is 6.10 Å². The Morgan fingerprint density at radius 1 is 0.393 bits per heavy atom. The molecule has 19 atom stereocenters. The maximum Gasteiger partial charge on any atom is 0.362 e. The number of unbranched alkanes of at least 4 members (excludes halogenated alkanes) is 25. The quantitative estimate of drug-likeness (QED) is 0.0219. The number of hydrogen-bond acceptors (Lipinski definition) is 26. The largest absolute Gasteiger partial charge is 0.441 e. The van der Waals surface area contributed by atoms with Crippen LogP contribution in [0.2, 0.25) is 0 Å². The summed E-state index contributed by atoms with van der Waals surface area (Å²) in [4.78, 5) is 31.1. The van der Waals surface area contributed by atoms with Crippen LogP contribution in [0.25, 0.3) is 0 Å². The van der Waals surface area contributed by atoms with Gasteiger partial charge in [-0.25, -0.2) is 4.79 Å². The SMILES string of the molecule is CCCCCCCCCCCCCCCCC(OC(=O)CCCCCCCCCCCCCCC)(C(=O)O[C@@]1(OC2(CO)O[C@H](CO)[C@@H](O)[C@@H]2O)O[C@H](CO)[C@@H](O)[C@H](O)[C@H]1O)[C@@]1(OC2(CO)O[C@H](CO)[C@@H](O)[C@@H]2O)O[C@H](CO)[C@@H](O)[C@H](O)[C@H]1O. The second-order valence-electron chi connectivity index (χ2n) is 23.5. The minimum absolute atomic E-state index is 0.102. The predicted octanol–water partition coefficient (Wildman–Crippen LogP) is 0.0982. The maximum absolute atomic E-state index is 16.3. The first-order valence-electron chi connectivity index (χ1n) is 31.2. The van der Waals surface area contributed by atoms with Gasteiger partial charge in [0.25, 0.3) is 11.4 Å². The monoisotopic (exact) mass is 1220 g/mol. The average molecular weight is 1220 g/mol. The standard InChI is InChI=1S/C58H106O26/c1-3-5-7-9-11-13-15-17-19-21-23-25-27-29-31-54(81-42(65)30-28-26-24-22-20-18-16-14-12-10-8-6-4-2,57(51(74)47(70)43(66)38(32-59)79-57)83-55(36-63)49(72)45(68)40(34-61)77-55)53(76)82-58(52(75)48(71)44(67)39(33-60)80-58)84-56(37-64)50(73)46(69)41(35-62)78-56/h38-41,43-52,59-64,66-75H,3-37H2,1-2H3/t38-,39-,40-,41-,43-,44-,45-,46-,47+,48+,49+,50+,51-,52-,54?,55?,56?,57-,58+/m1/s1. The van der Waals surface area contributed by atoms with Crippen LogP contribution in [-0.2, 0) is 47.5 Å². The molecule has 16 N–H and O–H groups in total. The molecule has 0 amide bonds. The highest BCUT2D eigenvalue weighted by atomic mass is 16.9. The van der Waals surface area contributed by atoms with E-state index in [0.29, 0.717) is 25.7 Å². The molecule has 26 heteroatoms. The Bertz CT molecular complexity index is 1840. The fraction of sp³-hybridized carbons (Fsp3) is 0.966. The molecule has 0 radical (unpaired) electrons. The number of ether oxygens (including phenoxy) is 8. The molecule has 84 heavy (non-hydrogen) atoms. The summed E-state index contributed by atoms with van der Waals surface area (Å²) in [5.74, 6) is -17.4. The second-order valence-corrected chi connectivity index (χ2v) is 23.5. The van der Waals surface area contributed by atoms with Crippen LogP contribution in [0.15, 0.2) is 0 Å². The summed E-state index contributed by atoms with van der Waals surface area (Å²) >= 11 is 0. The predicted molar refractivity (Wildman–Crippen MR) is 295 cm³/mol. The van der Waals surface area contributed by atoms with Crippen molar-refractivity contribution in [1.29, 1.82) is 0 Å². The molecule has 0 bridgehead atoms. The van der Waals surface area contributed by atoms with Crippen molar-refractivity contribution in [2.75, 3.05) is 39.6 Å². The van der Waals surface area contributed by atoms with Gasteiger partial charge in [-0.1, -0.05) is 174 Å². The van der Waals surface area contributed by atoms with Crippen molar-refractivity contribution in [3.05, 3.63) is 0 Å². The molecule has 4 saturated heterocycles. The van der Waals surface area contributed by atoms with Gasteiger partial charge in [0.2, 0.25) is 11.6 Å². The lowest BCUT2D eigenvalue weighted by molar-refractivity contribution is -0.504. The lowest BCUT2D eigenvalue weighted by Gasteiger charge is -2.57. The molecule has 0 aliphatic carbocycles. The maximum atomic E-state index is 16.3. The summed E-state index contributed by atoms with van der Waals surface area (Å²) in [6, 6.07) is 0. The van der Waals surface area contributed by atoms with Crippen molar-refractivity contribution in [2.45, 2.75) is 314 Å². The first kappa shape index (κ1) is 74.5. The minimum atomic E-state index is -3.86. The van der Waals surface area contributed by atoms with Crippen molar-refractivity contribution in [1.82, 2.24) is 0 Å². The molecule has 4 aliphatic rings. The fourth-order valence-electron chi connectivity index (χ4n) is 11.8. The van der Waals surface area contributed by atoms with Gasteiger partial charge in [-0.15, -0.1) is 0 Å². The van der Waals surface area contributed by atoms with Gasteiger partial charge in [0.05, 0.1) is 26.4 Å². The van der Waals surface area contributed by atoms with Crippen molar-refractivity contribution >= 4 is 11.9 Å². The second kappa shape index (κ2) is 36.7. The number of esters is 2. The number of rotatable bonds is 43. The summed E-state index contributed by atoms with van der Waals surface area (Å²) in [5.41, 5.74) is -3.64. The zero-order valence-electron chi connectivity index (χ0n) is 49.6. The van der Waals surface area contributed by atoms with Gasteiger partial charge < -0.3 is 115 Å². The molecule has 4 rings (SSSR count). The average Bonchev–Trinajstić information content (AvgIpc) is 1.06. The van der Waals surface area contributed by atoms with Crippen molar-refractivity contribution < 1.29 is 129 Å². The van der Waals surface area contributed by atoms with E-state index in [1.54, 1.807) is 0 Å². The Morgan fingerprint density at radius 2 is 0.738 bits per heavy atom. The highest BCUT2D eigenvalue weighted by Gasteiger charge is 2.77. The first-order valence-corrected chi connectivity index (χ1v) is 31.2. The van der Waals surface area contributed by atoms with E-state index in [-0.39, 0.29) is 19.3 Å². The van der Waals surface area contributed by atoms with E-state index in [2.05, 4.69) is 13.8 Å². The molecule has 26 nitrogen and oxygen atoms in total. The Morgan fingerprint density at radius 3 is 1.12 bits per heavy atom. The minimum Gasteiger partial charge on any atom is -0.441 e. The number of aliphatic hydroxyl groups is 16. The summed E-state index contributed by atoms with van der Waals surface area (Å²) < 4.78 is 47.7. The Kier molecular flexibility index (Phi) is 32.5. The van der Waals surface area contributed by atoms with E-state index in [4.69, 9.17) is 37.9 Å².